The zero-order valence-electron chi connectivity index (χ0n) is 18.7. The number of amides is 1. The van der Waals surface area contributed by atoms with Crippen LogP contribution in [0, 0.1) is 5.92 Å². The third kappa shape index (κ3) is 7.22. The van der Waals surface area contributed by atoms with Gasteiger partial charge in [0.05, 0.1) is 23.1 Å². The second kappa shape index (κ2) is 13.2. The standard InChI is InChI=1S/C25H29N3O3.2ClH/c1-2-24(29)28-23-16-26-22-14-20(31-17-19-6-4-3-5-7-19)8-9-21(22)25(23)27-15-18-10-12-30-13-11-18;;/h3-9,14,16,18H,2,10-13,15,17H2,1H3,(H,26,27)(H,28,29);2*1H. The molecule has 1 amide bonds. The Bertz CT molecular complexity index is 1030. The van der Waals surface area contributed by atoms with E-state index in [1.54, 1.807) is 6.20 Å². The Morgan fingerprint density at radius 2 is 1.88 bits per heavy atom. The van der Waals surface area contributed by atoms with Crippen LogP contribution < -0.4 is 15.4 Å². The average molecular weight is 492 g/mol. The van der Waals surface area contributed by atoms with Crippen LogP contribution in [-0.2, 0) is 16.1 Å². The van der Waals surface area contributed by atoms with Crippen molar-refractivity contribution in [2.45, 2.75) is 32.8 Å². The number of hydrogen-bond acceptors (Lipinski definition) is 5. The summed E-state index contributed by atoms with van der Waals surface area (Å²) < 4.78 is 11.4. The maximum Gasteiger partial charge on any atom is 0.224 e. The van der Waals surface area contributed by atoms with Crippen LogP contribution in [0.1, 0.15) is 31.7 Å². The van der Waals surface area contributed by atoms with Gasteiger partial charge in [-0.1, -0.05) is 37.3 Å². The van der Waals surface area contributed by atoms with Crippen molar-refractivity contribution in [2.75, 3.05) is 30.4 Å². The van der Waals surface area contributed by atoms with Crippen LogP contribution in [0.5, 0.6) is 5.75 Å². The normalized spacial score (nSPS) is 13.5. The van der Waals surface area contributed by atoms with E-state index in [2.05, 4.69) is 15.6 Å². The first-order chi connectivity index (χ1) is 15.2. The molecule has 2 N–H and O–H groups in total. The molecule has 33 heavy (non-hydrogen) atoms. The lowest BCUT2D eigenvalue weighted by Crippen LogP contribution is -2.23. The van der Waals surface area contributed by atoms with Crippen LogP contribution in [0.2, 0.25) is 0 Å². The smallest absolute Gasteiger partial charge is 0.224 e. The van der Waals surface area contributed by atoms with Crippen LogP contribution in [0.15, 0.2) is 54.7 Å². The van der Waals surface area contributed by atoms with Gasteiger partial charge < -0.3 is 20.1 Å². The second-order valence-electron chi connectivity index (χ2n) is 7.84. The minimum Gasteiger partial charge on any atom is -0.489 e. The Kier molecular flexibility index (Phi) is 10.7. The Hall–Kier alpha value is -2.54. The van der Waals surface area contributed by atoms with Gasteiger partial charge in [0.15, 0.2) is 0 Å². The SMILES string of the molecule is CCC(=O)Nc1cnc2cc(OCc3ccccc3)ccc2c1NCC1CCOCC1.Cl.Cl. The lowest BCUT2D eigenvalue weighted by Gasteiger charge is -2.24. The summed E-state index contributed by atoms with van der Waals surface area (Å²) in [6, 6.07) is 16.0. The first-order valence-corrected chi connectivity index (χ1v) is 10.9. The number of ether oxygens (including phenoxy) is 2. The molecule has 0 bridgehead atoms. The molecule has 1 aliphatic heterocycles. The Morgan fingerprint density at radius 3 is 2.61 bits per heavy atom. The van der Waals surface area contributed by atoms with E-state index < -0.39 is 0 Å². The topological polar surface area (TPSA) is 72.5 Å². The summed E-state index contributed by atoms with van der Waals surface area (Å²) in [7, 11) is 0. The summed E-state index contributed by atoms with van der Waals surface area (Å²) in [4.78, 5) is 16.6. The summed E-state index contributed by atoms with van der Waals surface area (Å²) in [5, 5.41) is 7.53. The fourth-order valence-electron chi connectivity index (χ4n) is 3.72. The molecule has 0 radical (unpaired) electrons. The summed E-state index contributed by atoms with van der Waals surface area (Å²) in [6.45, 7) is 4.81. The average Bonchev–Trinajstić information content (AvgIpc) is 2.83. The van der Waals surface area contributed by atoms with E-state index >= 15 is 0 Å². The number of fused-ring (bicyclic) bond motifs is 1. The van der Waals surface area contributed by atoms with E-state index in [0.717, 1.165) is 60.5 Å². The van der Waals surface area contributed by atoms with E-state index in [4.69, 9.17) is 9.47 Å². The number of carbonyl (C=O) groups excluding carboxylic acids is 1. The van der Waals surface area contributed by atoms with Gasteiger partial charge in [-0.3, -0.25) is 9.78 Å². The highest BCUT2D eigenvalue weighted by Crippen LogP contribution is 2.33. The predicted molar refractivity (Wildman–Crippen MR) is 138 cm³/mol. The molecule has 1 aromatic heterocycles. The highest BCUT2D eigenvalue weighted by atomic mass is 35.5. The van der Waals surface area contributed by atoms with Crippen molar-refractivity contribution in [3.63, 3.8) is 0 Å². The van der Waals surface area contributed by atoms with Crippen LogP contribution in [0.3, 0.4) is 0 Å². The van der Waals surface area contributed by atoms with Gasteiger partial charge in [-0.05, 0) is 36.5 Å². The fraction of sp³-hybridized carbons (Fsp3) is 0.360. The van der Waals surface area contributed by atoms with Crippen LogP contribution in [0.4, 0.5) is 11.4 Å². The molecule has 8 heteroatoms. The Balaban J connectivity index is 0.00000193. The quantitative estimate of drug-likeness (QED) is 0.413. The number of nitrogens with one attached hydrogen (secondary N) is 2. The molecule has 1 saturated heterocycles. The molecule has 0 aliphatic carbocycles. The highest BCUT2D eigenvalue weighted by molar-refractivity contribution is 6.03. The van der Waals surface area contributed by atoms with Crippen molar-refractivity contribution in [3.8, 4) is 5.75 Å². The van der Waals surface area contributed by atoms with Crippen LogP contribution >= 0.6 is 24.8 Å². The maximum atomic E-state index is 12.0. The molecule has 2 heterocycles. The third-order valence-corrected chi connectivity index (χ3v) is 5.59. The summed E-state index contributed by atoms with van der Waals surface area (Å²) >= 11 is 0. The summed E-state index contributed by atoms with van der Waals surface area (Å²) in [6.07, 6.45) is 4.24. The van der Waals surface area contributed by atoms with Gasteiger partial charge in [-0.25, -0.2) is 0 Å². The number of hydrogen-bond donors (Lipinski definition) is 2. The lowest BCUT2D eigenvalue weighted by molar-refractivity contribution is -0.115. The van der Waals surface area contributed by atoms with E-state index in [9.17, 15) is 4.79 Å². The van der Waals surface area contributed by atoms with Crippen molar-refractivity contribution in [1.82, 2.24) is 4.98 Å². The van der Waals surface area contributed by atoms with Gasteiger partial charge in [0.1, 0.15) is 12.4 Å². The molecular weight excluding hydrogens is 461 g/mol. The van der Waals surface area contributed by atoms with Gasteiger partial charge in [0, 0.05) is 37.6 Å². The lowest BCUT2D eigenvalue weighted by atomic mass is 10.00. The summed E-state index contributed by atoms with van der Waals surface area (Å²) in [5.41, 5.74) is 3.57. The van der Waals surface area contributed by atoms with Gasteiger partial charge >= 0.3 is 0 Å². The molecule has 6 nitrogen and oxygen atoms in total. The molecular formula is C25H31Cl2N3O3. The predicted octanol–water partition coefficient (Wildman–Crippen LogP) is 5.84. The number of nitrogens with zero attached hydrogens (tertiary/aromatic N) is 1. The minimum absolute atomic E-state index is 0. The van der Waals surface area contributed by atoms with E-state index in [1.165, 1.54) is 0 Å². The van der Waals surface area contributed by atoms with Crippen LogP contribution in [0.25, 0.3) is 10.9 Å². The Labute approximate surface area is 207 Å². The molecule has 0 unspecified atom stereocenters. The molecule has 0 atom stereocenters. The zero-order valence-corrected chi connectivity index (χ0v) is 20.3. The summed E-state index contributed by atoms with van der Waals surface area (Å²) in [5.74, 6) is 1.29. The molecule has 178 valence electrons. The maximum absolute atomic E-state index is 12.0. The largest absolute Gasteiger partial charge is 0.489 e. The zero-order chi connectivity index (χ0) is 21.5. The van der Waals surface area contributed by atoms with Crippen molar-refractivity contribution in [3.05, 3.63) is 60.3 Å². The number of carbonyl (C=O) groups is 1. The second-order valence-corrected chi connectivity index (χ2v) is 7.84. The molecule has 1 aliphatic rings. The van der Waals surface area contributed by atoms with E-state index in [-0.39, 0.29) is 30.7 Å². The first kappa shape index (κ1) is 26.7. The molecule has 2 aromatic carbocycles. The Morgan fingerprint density at radius 1 is 1.12 bits per heavy atom. The molecule has 0 spiro atoms. The number of benzene rings is 2. The van der Waals surface area contributed by atoms with Gasteiger partial charge in [-0.15, -0.1) is 24.8 Å². The van der Waals surface area contributed by atoms with E-state index in [1.807, 2.05) is 55.5 Å². The van der Waals surface area contributed by atoms with Crippen molar-refractivity contribution < 1.29 is 14.3 Å². The van der Waals surface area contributed by atoms with Crippen molar-refractivity contribution in [2.24, 2.45) is 5.92 Å². The molecule has 1 fully saturated rings. The van der Waals surface area contributed by atoms with Crippen LogP contribution in [-0.4, -0.2) is 30.6 Å². The number of aromatic nitrogens is 1. The minimum atomic E-state index is -0.0296. The number of halogens is 2. The first-order valence-electron chi connectivity index (χ1n) is 10.9. The van der Waals surface area contributed by atoms with Crippen molar-refractivity contribution >= 4 is 53.0 Å². The number of rotatable bonds is 8. The monoisotopic (exact) mass is 491 g/mol. The number of anilines is 2. The van der Waals surface area contributed by atoms with Gasteiger partial charge in [0.2, 0.25) is 5.91 Å². The molecule has 4 rings (SSSR count). The van der Waals surface area contributed by atoms with Gasteiger partial charge in [-0.2, -0.15) is 0 Å². The van der Waals surface area contributed by atoms with Gasteiger partial charge in [0.25, 0.3) is 0 Å². The highest BCUT2D eigenvalue weighted by Gasteiger charge is 2.17. The van der Waals surface area contributed by atoms with Crippen molar-refractivity contribution in [1.29, 1.82) is 0 Å². The number of pyridine rings is 1. The third-order valence-electron chi connectivity index (χ3n) is 5.59. The van der Waals surface area contributed by atoms with E-state index in [0.29, 0.717) is 24.6 Å². The fourth-order valence-corrected chi connectivity index (χ4v) is 3.72. The molecule has 0 saturated carbocycles. The molecule has 3 aromatic rings.